The Balaban J connectivity index is 2.63. The van der Waals surface area contributed by atoms with Crippen molar-refractivity contribution < 1.29 is 23.8 Å². The summed E-state index contributed by atoms with van der Waals surface area (Å²) in [5, 5.41) is 0.149. The quantitative estimate of drug-likeness (QED) is 0.463. The number of nitrogens with zero attached hydrogens (tertiary/aromatic N) is 2. The van der Waals surface area contributed by atoms with Crippen LogP contribution in [0.3, 0.4) is 0 Å². The maximum absolute atomic E-state index is 12.4. The first kappa shape index (κ1) is 17.7. The van der Waals surface area contributed by atoms with E-state index in [1.54, 1.807) is 12.1 Å². The van der Waals surface area contributed by atoms with Gasteiger partial charge in [0.15, 0.2) is 5.11 Å². The maximum Gasteiger partial charge on any atom is 0.265 e. The Morgan fingerprint density at radius 2 is 1.38 bits per heavy atom. The number of carbonyl (C=O) groups is 2. The minimum Gasteiger partial charge on any atom is -0.496 e. The Morgan fingerprint density at radius 3 is 1.75 bits per heavy atom. The van der Waals surface area contributed by atoms with Crippen LogP contribution in [-0.2, 0) is 9.59 Å². The molecule has 0 radical (unpaired) electrons. The minimum absolute atomic E-state index is 0.0321. The molecule has 0 atom stereocenters. The van der Waals surface area contributed by atoms with Crippen molar-refractivity contribution in [3.8, 4) is 17.2 Å². The van der Waals surface area contributed by atoms with Crippen LogP contribution >= 0.6 is 12.2 Å². The number of amides is 2. The standard InChI is InChI=1S/C16H18N2O5S/c1-17-14(19)11(15(20)18(2)16(17)24)8-10-12(22-4)6-9(21-3)7-13(10)23-5/h6-8H,1-5H3. The van der Waals surface area contributed by atoms with Gasteiger partial charge in [0.25, 0.3) is 11.8 Å². The first-order valence-corrected chi connectivity index (χ1v) is 7.38. The molecule has 1 fully saturated rings. The average Bonchev–Trinajstić information content (AvgIpc) is 2.61. The molecular weight excluding hydrogens is 332 g/mol. The molecule has 2 rings (SSSR count). The van der Waals surface area contributed by atoms with Crippen molar-refractivity contribution in [1.29, 1.82) is 0 Å². The van der Waals surface area contributed by atoms with Gasteiger partial charge in [0.1, 0.15) is 22.8 Å². The van der Waals surface area contributed by atoms with Gasteiger partial charge in [-0.25, -0.2) is 0 Å². The predicted molar refractivity (Wildman–Crippen MR) is 92.2 cm³/mol. The summed E-state index contributed by atoms with van der Waals surface area (Å²) in [5.41, 5.74) is 0.433. The molecule has 0 N–H and O–H groups in total. The largest absolute Gasteiger partial charge is 0.496 e. The van der Waals surface area contributed by atoms with Crippen LogP contribution in [0.15, 0.2) is 17.7 Å². The summed E-state index contributed by atoms with van der Waals surface area (Å²) in [4.78, 5) is 27.4. The molecule has 1 heterocycles. The molecule has 0 bridgehead atoms. The molecule has 0 spiro atoms. The van der Waals surface area contributed by atoms with Crippen LogP contribution in [0.4, 0.5) is 0 Å². The molecule has 1 saturated heterocycles. The number of benzene rings is 1. The summed E-state index contributed by atoms with van der Waals surface area (Å²) in [6, 6.07) is 3.29. The maximum atomic E-state index is 12.4. The lowest BCUT2D eigenvalue weighted by molar-refractivity contribution is -0.132. The van der Waals surface area contributed by atoms with E-state index in [9.17, 15) is 9.59 Å². The molecule has 0 unspecified atom stereocenters. The summed E-state index contributed by atoms with van der Waals surface area (Å²) in [7, 11) is 7.52. The molecule has 2 amide bonds. The molecule has 0 aromatic heterocycles. The Morgan fingerprint density at radius 1 is 0.917 bits per heavy atom. The highest BCUT2D eigenvalue weighted by molar-refractivity contribution is 7.80. The van der Waals surface area contributed by atoms with E-state index >= 15 is 0 Å². The number of rotatable bonds is 4. The van der Waals surface area contributed by atoms with Crippen LogP contribution in [0.1, 0.15) is 5.56 Å². The predicted octanol–water partition coefficient (Wildman–Crippen LogP) is 1.31. The van der Waals surface area contributed by atoms with Crippen molar-refractivity contribution in [2.24, 2.45) is 0 Å². The zero-order valence-corrected chi connectivity index (χ0v) is 14.9. The van der Waals surface area contributed by atoms with Gasteiger partial charge in [-0.05, 0) is 18.3 Å². The van der Waals surface area contributed by atoms with Gasteiger partial charge in [-0.3, -0.25) is 19.4 Å². The SMILES string of the molecule is COc1cc(OC)c(C=C2C(=O)N(C)C(=S)N(C)C2=O)c(OC)c1. The third-order valence-electron chi connectivity index (χ3n) is 3.69. The number of thiocarbonyl (C=S) groups is 1. The fourth-order valence-corrected chi connectivity index (χ4v) is 2.46. The zero-order valence-electron chi connectivity index (χ0n) is 14.1. The van der Waals surface area contributed by atoms with Gasteiger partial charge in [0.2, 0.25) is 0 Å². The lowest BCUT2D eigenvalue weighted by atomic mass is 10.0. The fourth-order valence-electron chi connectivity index (χ4n) is 2.29. The third kappa shape index (κ3) is 2.92. The first-order chi connectivity index (χ1) is 11.3. The van der Waals surface area contributed by atoms with E-state index in [2.05, 4.69) is 0 Å². The normalized spacial score (nSPS) is 14.9. The summed E-state index contributed by atoms with van der Waals surface area (Å²) < 4.78 is 15.9. The molecule has 128 valence electrons. The van der Waals surface area contributed by atoms with Crippen molar-refractivity contribution >= 4 is 35.2 Å². The van der Waals surface area contributed by atoms with Gasteiger partial charge in [0.05, 0.1) is 26.9 Å². The number of ether oxygens (including phenoxy) is 3. The molecule has 24 heavy (non-hydrogen) atoms. The Bertz CT molecular complexity index is 693. The monoisotopic (exact) mass is 350 g/mol. The summed E-state index contributed by atoms with van der Waals surface area (Å²) in [6.07, 6.45) is 1.44. The average molecular weight is 350 g/mol. The molecule has 1 aromatic rings. The van der Waals surface area contributed by atoms with Crippen LogP contribution in [0.2, 0.25) is 0 Å². The molecule has 1 aromatic carbocycles. The van der Waals surface area contributed by atoms with Crippen molar-refractivity contribution in [2.75, 3.05) is 35.4 Å². The Kier molecular flexibility index (Phi) is 5.08. The van der Waals surface area contributed by atoms with Gasteiger partial charge in [-0.1, -0.05) is 0 Å². The topological polar surface area (TPSA) is 68.3 Å². The highest BCUT2D eigenvalue weighted by Crippen LogP contribution is 2.36. The van der Waals surface area contributed by atoms with Crippen LogP contribution in [0.5, 0.6) is 17.2 Å². The Labute approximate surface area is 145 Å². The lowest BCUT2D eigenvalue weighted by Gasteiger charge is -2.31. The van der Waals surface area contributed by atoms with Crippen LogP contribution < -0.4 is 14.2 Å². The van der Waals surface area contributed by atoms with E-state index in [-0.39, 0.29) is 10.7 Å². The van der Waals surface area contributed by atoms with Crippen molar-refractivity contribution in [2.45, 2.75) is 0 Å². The van der Waals surface area contributed by atoms with Gasteiger partial charge in [0, 0.05) is 26.2 Å². The second-order valence-electron chi connectivity index (χ2n) is 5.01. The summed E-state index contributed by atoms with van der Waals surface area (Å²) in [6.45, 7) is 0. The molecule has 7 nitrogen and oxygen atoms in total. The van der Waals surface area contributed by atoms with E-state index < -0.39 is 11.8 Å². The summed E-state index contributed by atoms with van der Waals surface area (Å²) >= 11 is 5.07. The number of likely N-dealkylation sites (N-methyl/N-ethyl adjacent to an activating group) is 2. The lowest BCUT2D eigenvalue weighted by Crippen LogP contribution is -2.52. The highest BCUT2D eigenvalue weighted by Gasteiger charge is 2.35. The van der Waals surface area contributed by atoms with Gasteiger partial charge >= 0.3 is 0 Å². The number of methoxy groups -OCH3 is 3. The minimum atomic E-state index is -0.483. The van der Waals surface area contributed by atoms with Gasteiger partial charge in [-0.15, -0.1) is 0 Å². The first-order valence-electron chi connectivity index (χ1n) is 6.97. The molecule has 0 saturated carbocycles. The molecule has 1 aliphatic heterocycles. The van der Waals surface area contributed by atoms with E-state index in [4.69, 9.17) is 26.4 Å². The van der Waals surface area contributed by atoms with Crippen LogP contribution in [0.25, 0.3) is 6.08 Å². The van der Waals surface area contributed by atoms with E-state index in [0.717, 1.165) is 0 Å². The van der Waals surface area contributed by atoms with Gasteiger partial charge < -0.3 is 14.2 Å². The van der Waals surface area contributed by atoms with Crippen LogP contribution in [-0.4, -0.2) is 62.2 Å². The van der Waals surface area contributed by atoms with E-state index in [1.807, 2.05) is 0 Å². The third-order valence-corrected chi connectivity index (χ3v) is 4.23. The Hall–Kier alpha value is -2.61. The smallest absolute Gasteiger partial charge is 0.265 e. The van der Waals surface area contributed by atoms with Crippen molar-refractivity contribution in [1.82, 2.24) is 9.80 Å². The van der Waals surface area contributed by atoms with Crippen molar-refractivity contribution in [3.63, 3.8) is 0 Å². The van der Waals surface area contributed by atoms with Crippen LogP contribution in [0, 0.1) is 0 Å². The molecule has 8 heteroatoms. The van der Waals surface area contributed by atoms with Gasteiger partial charge in [-0.2, -0.15) is 0 Å². The molecule has 0 aliphatic carbocycles. The highest BCUT2D eigenvalue weighted by atomic mass is 32.1. The summed E-state index contributed by atoms with van der Waals surface area (Å²) in [5.74, 6) is 0.393. The zero-order chi connectivity index (χ0) is 18.0. The fraction of sp³-hybridized carbons (Fsp3) is 0.312. The molecular formula is C16H18N2O5S. The number of hydrogen-bond acceptors (Lipinski definition) is 6. The van der Waals surface area contributed by atoms with E-state index in [0.29, 0.717) is 22.8 Å². The number of hydrogen-bond donors (Lipinski definition) is 0. The molecule has 1 aliphatic rings. The number of carbonyl (C=O) groups excluding carboxylic acids is 2. The van der Waals surface area contributed by atoms with Crippen molar-refractivity contribution in [3.05, 3.63) is 23.3 Å². The second-order valence-corrected chi connectivity index (χ2v) is 5.38. The van der Waals surface area contributed by atoms with E-state index in [1.165, 1.54) is 51.3 Å². The second kappa shape index (κ2) is 6.88.